The summed E-state index contributed by atoms with van der Waals surface area (Å²) in [7, 11) is 0.320. The van der Waals surface area contributed by atoms with Crippen LogP contribution in [-0.4, -0.2) is 75.8 Å². The smallest absolute Gasteiger partial charge is 0.334 e. The molecular formula is C44H70N2O7S. The highest BCUT2D eigenvalue weighted by Crippen LogP contribution is 2.31. The normalized spacial score (nSPS) is 20.0. The number of hydrogen-bond donors (Lipinski definition) is 3. The average molecular weight is 771 g/mol. The fourth-order valence-corrected chi connectivity index (χ4v) is 9.35. The van der Waals surface area contributed by atoms with Gasteiger partial charge in [0, 0.05) is 42.7 Å². The predicted octanol–water partition coefficient (Wildman–Crippen LogP) is 9.13. The number of fused-ring (bicyclic) bond motifs is 1. The molecule has 2 aromatic carbocycles. The van der Waals surface area contributed by atoms with E-state index < -0.39 is 22.2 Å². The topological polar surface area (TPSA) is 125 Å². The SMILES string of the molecule is C[C@@H]1C=C(CCCCCCCCCCCC[C@H](O)[C@@H]2CC[C@@H]([C@@H](O)CCCCCCCCCNS(=O)(=O)c3cccc4c(N(C)C)cccc34)O2)C(=O)O1. The van der Waals surface area contributed by atoms with Crippen LogP contribution in [0, 0.1) is 0 Å². The Labute approximate surface area is 326 Å². The highest BCUT2D eigenvalue weighted by Gasteiger charge is 2.34. The number of sulfonamides is 1. The van der Waals surface area contributed by atoms with Gasteiger partial charge in [0.15, 0.2) is 0 Å². The van der Waals surface area contributed by atoms with Gasteiger partial charge < -0.3 is 24.6 Å². The third kappa shape index (κ3) is 14.5. The summed E-state index contributed by atoms with van der Waals surface area (Å²) < 4.78 is 40.3. The zero-order chi connectivity index (χ0) is 38.8. The molecule has 3 N–H and O–H groups in total. The molecule has 0 aromatic heterocycles. The number of anilines is 1. The van der Waals surface area contributed by atoms with Crippen molar-refractivity contribution >= 4 is 32.5 Å². The molecule has 0 radical (unpaired) electrons. The number of aliphatic hydroxyl groups is 2. The number of hydrogen-bond acceptors (Lipinski definition) is 8. The molecule has 9 nitrogen and oxygen atoms in total. The molecule has 2 heterocycles. The van der Waals surface area contributed by atoms with Crippen LogP contribution in [0.3, 0.4) is 0 Å². The first-order valence-corrected chi connectivity index (χ1v) is 22.7. The van der Waals surface area contributed by atoms with Gasteiger partial charge in [-0.15, -0.1) is 0 Å². The van der Waals surface area contributed by atoms with Gasteiger partial charge >= 0.3 is 5.97 Å². The van der Waals surface area contributed by atoms with E-state index in [2.05, 4.69) is 4.72 Å². The first-order chi connectivity index (χ1) is 26.1. The van der Waals surface area contributed by atoms with E-state index in [1.807, 2.05) is 56.3 Å². The Morgan fingerprint density at radius 2 is 1.22 bits per heavy atom. The number of esters is 1. The molecule has 0 unspecified atom stereocenters. The van der Waals surface area contributed by atoms with E-state index in [-0.39, 0.29) is 24.3 Å². The van der Waals surface area contributed by atoms with Gasteiger partial charge in [-0.25, -0.2) is 17.9 Å². The maximum Gasteiger partial charge on any atom is 0.334 e. The number of cyclic esters (lactones) is 1. The highest BCUT2D eigenvalue weighted by molar-refractivity contribution is 7.89. The van der Waals surface area contributed by atoms with E-state index in [1.165, 1.54) is 44.9 Å². The Kier molecular flexibility index (Phi) is 19.3. The molecule has 304 valence electrons. The molecule has 2 aliphatic heterocycles. The molecule has 1 fully saturated rings. The molecule has 0 amide bonds. The van der Waals surface area contributed by atoms with Crippen molar-refractivity contribution in [2.24, 2.45) is 0 Å². The van der Waals surface area contributed by atoms with Crippen LogP contribution in [0.25, 0.3) is 10.8 Å². The van der Waals surface area contributed by atoms with Gasteiger partial charge in [0.25, 0.3) is 0 Å². The molecule has 0 spiro atoms. The van der Waals surface area contributed by atoms with Crippen molar-refractivity contribution in [2.75, 3.05) is 25.5 Å². The van der Waals surface area contributed by atoms with Crippen LogP contribution < -0.4 is 9.62 Å². The van der Waals surface area contributed by atoms with E-state index >= 15 is 0 Å². The van der Waals surface area contributed by atoms with Crippen molar-refractivity contribution in [1.29, 1.82) is 0 Å². The number of nitrogens with zero attached hydrogens (tertiary/aromatic N) is 1. The first-order valence-electron chi connectivity index (χ1n) is 21.2. The van der Waals surface area contributed by atoms with E-state index in [0.29, 0.717) is 11.4 Å². The molecular weight excluding hydrogens is 701 g/mol. The Hall–Kier alpha value is -2.50. The zero-order valence-corrected chi connectivity index (χ0v) is 34.3. The minimum absolute atomic E-state index is 0.0613. The Balaban J connectivity index is 0.939. The number of carbonyl (C=O) groups excluding carboxylic acids is 1. The monoisotopic (exact) mass is 770 g/mol. The van der Waals surface area contributed by atoms with E-state index in [0.717, 1.165) is 118 Å². The number of aliphatic hydroxyl groups excluding tert-OH is 2. The number of nitrogens with one attached hydrogen (secondary N) is 1. The lowest BCUT2D eigenvalue weighted by Gasteiger charge is -2.22. The highest BCUT2D eigenvalue weighted by atomic mass is 32.2. The first kappa shape index (κ1) is 44.2. The fourth-order valence-electron chi connectivity index (χ4n) is 8.06. The maximum atomic E-state index is 13.1. The minimum Gasteiger partial charge on any atom is -0.455 e. The van der Waals surface area contributed by atoms with Gasteiger partial charge in [-0.2, -0.15) is 0 Å². The van der Waals surface area contributed by atoms with Crippen LogP contribution in [0.5, 0.6) is 0 Å². The van der Waals surface area contributed by atoms with Crippen LogP contribution in [0.1, 0.15) is 148 Å². The molecule has 10 heteroatoms. The largest absolute Gasteiger partial charge is 0.455 e. The van der Waals surface area contributed by atoms with Crippen LogP contribution in [0.2, 0.25) is 0 Å². The lowest BCUT2D eigenvalue weighted by Crippen LogP contribution is -2.31. The standard InChI is InChI=1S/C44H70N2O7S/c1-34-33-35(44(49)52-34)23-17-13-9-6-4-5-7-10-14-18-27-39(47)41-30-31-42(53-41)40(48)28-19-15-11-8-12-16-20-32-45-54(50,51)43-29-22-24-36-37(43)25-21-26-38(36)46(2)3/h21-22,24-26,29,33-34,39-42,45,47-48H,4-20,23,27-28,30-32H2,1-3H3/t34-,39+,40+,41+,42+/m1/s1. The molecule has 1 saturated heterocycles. The van der Waals surface area contributed by atoms with Crippen molar-refractivity contribution in [3.8, 4) is 0 Å². The maximum absolute atomic E-state index is 13.1. The van der Waals surface area contributed by atoms with E-state index in [4.69, 9.17) is 9.47 Å². The van der Waals surface area contributed by atoms with Gasteiger partial charge in [-0.05, 0) is 70.1 Å². The molecule has 0 saturated carbocycles. The van der Waals surface area contributed by atoms with E-state index in [9.17, 15) is 23.4 Å². The van der Waals surface area contributed by atoms with Crippen LogP contribution in [0.15, 0.2) is 52.9 Å². The van der Waals surface area contributed by atoms with Gasteiger partial charge in [-0.3, -0.25) is 0 Å². The summed E-state index contributed by atoms with van der Waals surface area (Å²) in [6.45, 7) is 2.34. The van der Waals surface area contributed by atoms with Crippen LogP contribution in [0.4, 0.5) is 5.69 Å². The van der Waals surface area contributed by atoms with Gasteiger partial charge in [0.05, 0.1) is 29.3 Å². The fraction of sp³-hybridized carbons (Fsp3) is 0.705. The Morgan fingerprint density at radius 3 is 1.76 bits per heavy atom. The van der Waals surface area contributed by atoms with Crippen molar-refractivity contribution in [1.82, 2.24) is 4.72 Å². The van der Waals surface area contributed by atoms with Crippen molar-refractivity contribution in [3.05, 3.63) is 48.0 Å². The molecule has 0 aliphatic carbocycles. The summed E-state index contributed by atoms with van der Waals surface area (Å²) in [5, 5.41) is 23.1. The summed E-state index contributed by atoms with van der Waals surface area (Å²) in [4.78, 5) is 14.0. The number of ether oxygens (including phenoxy) is 2. The molecule has 4 rings (SSSR count). The third-order valence-corrected chi connectivity index (χ3v) is 12.7. The van der Waals surface area contributed by atoms with Crippen LogP contribution in [-0.2, 0) is 24.3 Å². The predicted molar refractivity (Wildman–Crippen MR) is 219 cm³/mol. The molecule has 54 heavy (non-hydrogen) atoms. The van der Waals surface area contributed by atoms with Gasteiger partial charge in [0.1, 0.15) is 6.10 Å². The molecule has 0 bridgehead atoms. The number of carbonyl (C=O) groups is 1. The number of unbranched alkanes of at least 4 members (excludes halogenated alkanes) is 15. The van der Waals surface area contributed by atoms with Gasteiger partial charge in [0.2, 0.25) is 10.0 Å². The van der Waals surface area contributed by atoms with Crippen molar-refractivity contribution in [3.63, 3.8) is 0 Å². The van der Waals surface area contributed by atoms with Crippen molar-refractivity contribution < 1.29 is 32.9 Å². The minimum atomic E-state index is -3.60. The molecule has 2 aliphatic rings. The second-order valence-corrected chi connectivity index (χ2v) is 17.7. The third-order valence-electron chi connectivity index (χ3n) is 11.2. The lowest BCUT2D eigenvalue weighted by atomic mass is 10.00. The Bertz CT molecular complexity index is 1540. The molecule has 5 atom stereocenters. The summed E-state index contributed by atoms with van der Waals surface area (Å²) in [5.74, 6) is -0.131. The molecule has 2 aromatic rings. The summed E-state index contributed by atoms with van der Waals surface area (Å²) in [6, 6.07) is 11.2. The summed E-state index contributed by atoms with van der Waals surface area (Å²) >= 11 is 0. The van der Waals surface area contributed by atoms with Gasteiger partial charge in [-0.1, -0.05) is 121 Å². The summed E-state index contributed by atoms with van der Waals surface area (Å²) in [6.07, 6.45) is 23.6. The second-order valence-electron chi connectivity index (χ2n) is 16.0. The number of benzene rings is 2. The number of rotatable bonds is 28. The average Bonchev–Trinajstić information content (AvgIpc) is 3.78. The quantitative estimate of drug-likeness (QED) is 0.0578. The second kappa shape index (κ2) is 23.5. The summed E-state index contributed by atoms with van der Waals surface area (Å²) in [5.41, 5.74) is 1.85. The van der Waals surface area contributed by atoms with E-state index in [1.54, 1.807) is 12.1 Å². The van der Waals surface area contributed by atoms with Crippen molar-refractivity contribution in [2.45, 2.75) is 184 Å². The lowest BCUT2D eigenvalue weighted by molar-refractivity contribution is -0.139. The Morgan fingerprint density at radius 1 is 0.722 bits per heavy atom. The zero-order valence-electron chi connectivity index (χ0n) is 33.5. The van der Waals surface area contributed by atoms with Crippen LogP contribution >= 0.6 is 0 Å².